The first-order chi connectivity index (χ1) is 11.6. The highest BCUT2D eigenvalue weighted by Crippen LogP contribution is 2.41. The molecular formula is C19H20FN3O. The average Bonchev–Trinajstić information content (AvgIpc) is 3.36. The van der Waals surface area contributed by atoms with Gasteiger partial charge in [-0.2, -0.15) is 0 Å². The summed E-state index contributed by atoms with van der Waals surface area (Å²) < 4.78 is 13.3. The van der Waals surface area contributed by atoms with Crippen molar-refractivity contribution in [3.05, 3.63) is 54.0 Å². The second kappa shape index (κ2) is 5.98. The molecule has 1 aromatic carbocycles. The number of carbonyl (C=O) groups is 1. The van der Waals surface area contributed by atoms with Crippen molar-refractivity contribution in [2.24, 2.45) is 17.6 Å². The maximum absolute atomic E-state index is 13.3. The van der Waals surface area contributed by atoms with Gasteiger partial charge in [0.05, 0.1) is 11.3 Å². The fourth-order valence-corrected chi connectivity index (χ4v) is 3.56. The van der Waals surface area contributed by atoms with Crippen LogP contribution in [-0.4, -0.2) is 34.9 Å². The van der Waals surface area contributed by atoms with Gasteiger partial charge in [-0.3, -0.25) is 9.78 Å². The normalized spacial score (nSPS) is 23.5. The highest BCUT2D eigenvalue weighted by atomic mass is 19.1. The van der Waals surface area contributed by atoms with Gasteiger partial charge in [-0.05, 0) is 48.9 Å². The molecule has 1 aliphatic heterocycles. The van der Waals surface area contributed by atoms with Gasteiger partial charge in [0.15, 0.2) is 0 Å². The zero-order valence-corrected chi connectivity index (χ0v) is 13.4. The standard InChI is InChI=1S/C19H20FN3O/c20-15-3-1-2-13(8-15)18-7-6-14(9-22-18)19(24)23-10-16(12-4-5-12)17(21)11-23/h1-3,6-9,12,16-17H,4-5,10-11,21H2/t16-,17+/m0/s1. The minimum absolute atomic E-state index is 0.0214. The van der Waals surface area contributed by atoms with Crippen LogP contribution >= 0.6 is 0 Å². The van der Waals surface area contributed by atoms with E-state index >= 15 is 0 Å². The summed E-state index contributed by atoms with van der Waals surface area (Å²) in [6.45, 7) is 1.36. The number of hydrogen-bond donors (Lipinski definition) is 1. The van der Waals surface area contributed by atoms with E-state index in [0.717, 1.165) is 6.54 Å². The predicted octanol–water partition coefficient (Wildman–Crippen LogP) is 2.70. The molecule has 1 amide bonds. The summed E-state index contributed by atoms with van der Waals surface area (Å²) in [7, 11) is 0. The number of halogens is 1. The Labute approximate surface area is 140 Å². The first-order valence-corrected chi connectivity index (χ1v) is 8.38. The first kappa shape index (κ1) is 15.3. The highest BCUT2D eigenvalue weighted by Gasteiger charge is 2.42. The summed E-state index contributed by atoms with van der Waals surface area (Å²) in [4.78, 5) is 18.8. The maximum atomic E-state index is 13.3. The molecule has 1 aromatic heterocycles. The van der Waals surface area contributed by atoms with Crippen molar-refractivity contribution in [2.45, 2.75) is 18.9 Å². The van der Waals surface area contributed by atoms with Gasteiger partial charge in [0.25, 0.3) is 5.91 Å². The van der Waals surface area contributed by atoms with E-state index in [-0.39, 0.29) is 17.8 Å². The Balaban J connectivity index is 1.49. The van der Waals surface area contributed by atoms with Crippen molar-refractivity contribution in [3.8, 4) is 11.3 Å². The Morgan fingerprint density at radius 2 is 2.04 bits per heavy atom. The van der Waals surface area contributed by atoms with E-state index in [0.29, 0.717) is 35.2 Å². The van der Waals surface area contributed by atoms with Crippen LogP contribution in [0.5, 0.6) is 0 Å². The van der Waals surface area contributed by atoms with Crippen LogP contribution in [0.25, 0.3) is 11.3 Å². The molecule has 2 atom stereocenters. The number of rotatable bonds is 3. The van der Waals surface area contributed by atoms with Gasteiger partial charge in [0.2, 0.25) is 0 Å². The third-order valence-corrected chi connectivity index (χ3v) is 5.06. The van der Waals surface area contributed by atoms with Crippen molar-refractivity contribution in [2.75, 3.05) is 13.1 Å². The van der Waals surface area contributed by atoms with Crippen LogP contribution in [0.2, 0.25) is 0 Å². The molecule has 2 aromatic rings. The topological polar surface area (TPSA) is 59.2 Å². The summed E-state index contributed by atoms with van der Waals surface area (Å²) in [5, 5.41) is 0. The van der Waals surface area contributed by atoms with Crippen LogP contribution in [0, 0.1) is 17.7 Å². The number of nitrogens with zero attached hydrogens (tertiary/aromatic N) is 2. The van der Waals surface area contributed by atoms with Crippen molar-refractivity contribution in [3.63, 3.8) is 0 Å². The van der Waals surface area contributed by atoms with E-state index in [2.05, 4.69) is 4.98 Å². The van der Waals surface area contributed by atoms with Gasteiger partial charge >= 0.3 is 0 Å². The molecule has 0 bridgehead atoms. The van der Waals surface area contributed by atoms with Gasteiger partial charge in [-0.25, -0.2) is 4.39 Å². The van der Waals surface area contributed by atoms with E-state index in [1.54, 1.807) is 30.5 Å². The lowest BCUT2D eigenvalue weighted by atomic mass is 9.99. The second-order valence-electron chi connectivity index (χ2n) is 6.82. The molecule has 2 fully saturated rings. The molecule has 2 heterocycles. The fourth-order valence-electron chi connectivity index (χ4n) is 3.56. The quantitative estimate of drug-likeness (QED) is 0.944. The van der Waals surface area contributed by atoms with Crippen molar-refractivity contribution >= 4 is 5.91 Å². The minimum atomic E-state index is -0.299. The monoisotopic (exact) mass is 325 g/mol. The molecule has 1 aliphatic carbocycles. The third kappa shape index (κ3) is 2.91. The molecule has 0 spiro atoms. The Hall–Kier alpha value is -2.27. The lowest BCUT2D eigenvalue weighted by molar-refractivity contribution is 0.0784. The largest absolute Gasteiger partial charge is 0.337 e. The molecule has 0 unspecified atom stereocenters. The van der Waals surface area contributed by atoms with Gasteiger partial charge < -0.3 is 10.6 Å². The van der Waals surface area contributed by atoms with Crippen LogP contribution in [0.3, 0.4) is 0 Å². The van der Waals surface area contributed by atoms with E-state index in [1.165, 1.54) is 25.0 Å². The third-order valence-electron chi connectivity index (χ3n) is 5.06. The van der Waals surface area contributed by atoms with Crippen molar-refractivity contribution in [1.29, 1.82) is 0 Å². The predicted molar refractivity (Wildman–Crippen MR) is 89.7 cm³/mol. The SMILES string of the molecule is N[C@@H]1CN(C(=O)c2ccc(-c3cccc(F)c3)nc2)C[C@H]1C1CC1. The molecule has 1 saturated carbocycles. The van der Waals surface area contributed by atoms with E-state index in [4.69, 9.17) is 5.73 Å². The number of pyridine rings is 1. The highest BCUT2D eigenvalue weighted by molar-refractivity contribution is 5.94. The molecule has 1 saturated heterocycles. The first-order valence-electron chi connectivity index (χ1n) is 8.38. The smallest absolute Gasteiger partial charge is 0.255 e. The Morgan fingerprint density at radius 1 is 1.21 bits per heavy atom. The van der Waals surface area contributed by atoms with Crippen molar-refractivity contribution in [1.82, 2.24) is 9.88 Å². The van der Waals surface area contributed by atoms with Gasteiger partial charge in [-0.15, -0.1) is 0 Å². The van der Waals surface area contributed by atoms with E-state index < -0.39 is 0 Å². The molecule has 0 radical (unpaired) electrons. The minimum Gasteiger partial charge on any atom is -0.337 e. The summed E-state index contributed by atoms with van der Waals surface area (Å²) in [5.41, 5.74) is 8.10. The van der Waals surface area contributed by atoms with Crippen LogP contribution in [-0.2, 0) is 0 Å². The van der Waals surface area contributed by atoms with Gasteiger partial charge in [-0.1, -0.05) is 12.1 Å². The van der Waals surface area contributed by atoms with E-state index in [9.17, 15) is 9.18 Å². The van der Waals surface area contributed by atoms with Gasteiger partial charge in [0.1, 0.15) is 5.82 Å². The molecule has 124 valence electrons. The molecule has 2 aliphatic rings. The summed E-state index contributed by atoms with van der Waals surface area (Å²) >= 11 is 0. The number of aromatic nitrogens is 1. The molecule has 2 N–H and O–H groups in total. The summed E-state index contributed by atoms with van der Waals surface area (Å²) in [5.74, 6) is 0.818. The second-order valence-corrected chi connectivity index (χ2v) is 6.82. The maximum Gasteiger partial charge on any atom is 0.255 e. The lowest BCUT2D eigenvalue weighted by Gasteiger charge is -2.16. The Morgan fingerprint density at radius 3 is 2.71 bits per heavy atom. The number of likely N-dealkylation sites (tertiary alicyclic amines) is 1. The summed E-state index contributed by atoms with van der Waals surface area (Å²) in [6, 6.07) is 9.88. The number of nitrogens with two attached hydrogens (primary N) is 1. The summed E-state index contributed by atoms with van der Waals surface area (Å²) in [6.07, 6.45) is 4.05. The van der Waals surface area contributed by atoms with Crippen molar-refractivity contribution < 1.29 is 9.18 Å². The zero-order chi connectivity index (χ0) is 16.7. The molecule has 5 heteroatoms. The Bertz CT molecular complexity index is 757. The fraction of sp³-hybridized carbons (Fsp3) is 0.368. The molecule has 4 rings (SSSR count). The molecule has 24 heavy (non-hydrogen) atoms. The van der Waals surface area contributed by atoms with E-state index in [1.807, 2.05) is 4.90 Å². The molecule has 4 nitrogen and oxygen atoms in total. The van der Waals surface area contributed by atoms with Crippen LogP contribution in [0.1, 0.15) is 23.2 Å². The van der Waals surface area contributed by atoms with Crippen LogP contribution in [0.15, 0.2) is 42.6 Å². The number of hydrogen-bond acceptors (Lipinski definition) is 3. The van der Waals surface area contributed by atoms with Crippen LogP contribution < -0.4 is 5.73 Å². The Kier molecular flexibility index (Phi) is 3.81. The number of carbonyl (C=O) groups excluding carboxylic acids is 1. The number of amides is 1. The van der Waals surface area contributed by atoms with Gasteiger partial charge in [0, 0.05) is 30.9 Å². The lowest BCUT2D eigenvalue weighted by Crippen LogP contribution is -2.32. The number of benzene rings is 1. The zero-order valence-electron chi connectivity index (χ0n) is 13.4. The molecular weight excluding hydrogens is 305 g/mol. The van der Waals surface area contributed by atoms with Crippen LogP contribution in [0.4, 0.5) is 4.39 Å². The average molecular weight is 325 g/mol.